The van der Waals surface area contributed by atoms with Crippen LogP contribution in [0.2, 0.25) is 0 Å². The van der Waals surface area contributed by atoms with E-state index >= 15 is 0 Å². The minimum atomic E-state index is 0.0393. The summed E-state index contributed by atoms with van der Waals surface area (Å²) in [7, 11) is 0. The van der Waals surface area contributed by atoms with E-state index in [1.807, 2.05) is 0 Å². The van der Waals surface area contributed by atoms with Crippen LogP contribution in [0.25, 0.3) is 0 Å². The van der Waals surface area contributed by atoms with Crippen molar-refractivity contribution >= 4 is 0 Å². The first-order valence-electron chi connectivity index (χ1n) is 6.92. The van der Waals surface area contributed by atoms with Crippen LogP contribution in [0.4, 0.5) is 0 Å². The summed E-state index contributed by atoms with van der Waals surface area (Å²) in [5.41, 5.74) is 8.81. The van der Waals surface area contributed by atoms with E-state index in [1.165, 1.54) is 11.1 Å². The van der Waals surface area contributed by atoms with Gasteiger partial charge in [-0.25, -0.2) is 0 Å². The van der Waals surface area contributed by atoms with Gasteiger partial charge in [0.05, 0.1) is 38.4 Å². The third-order valence-electron chi connectivity index (χ3n) is 5.10. The predicted molar refractivity (Wildman–Crippen MR) is 70.4 cm³/mol. The maximum Gasteiger partial charge on any atom is 0.122 e. The molecule has 0 saturated carbocycles. The van der Waals surface area contributed by atoms with Gasteiger partial charge in [0, 0.05) is 18.4 Å². The normalized spacial score (nSPS) is 25.9. The number of rotatable bonds is 3. The number of hydrogen-bond donors (Lipinski definition) is 1. The molecule has 1 aromatic rings. The van der Waals surface area contributed by atoms with E-state index in [-0.39, 0.29) is 10.8 Å². The van der Waals surface area contributed by atoms with Crippen LogP contribution in [0.1, 0.15) is 11.1 Å². The molecular formula is C15H19NO3. The van der Waals surface area contributed by atoms with Crippen LogP contribution < -0.4 is 10.5 Å². The van der Waals surface area contributed by atoms with Gasteiger partial charge in [-0.05, 0) is 17.2 Å². The molecular weight excluding hydrogens is 242 g/mol. The zero-order chi connectivity index (χ0) is 12.9. The Balaban J connectivity index is 1.76. The van der Waals surface area contributed by atoms with Crippen LogP contribution in [0, 0.1) is 5.41 Å². The molecule has 0 atom stereocenters. The van der Waals surface area contributed by atoms with Crippen molar-refractivity contribution in [1.29, 1.82) is 0 Å². The largest absolute Gasteiger partial charge is 0.493 e. The molecule has 1 aromatic carbocycles. The molecule has 3 heterocycles. The molecule has 0 amide bonds. The Hall–Kier alpha value is -1.10. The lowest BCUT2D eigenvalue weighted by molar-refractivity contribution is -0.223. The highest BCUT2D eigenvalue weighted by molar-refractivity contribution is 5.44. The van der Waals surface area contributed by atoms with Gasteiger partial charge in [-0.2, -0.15) is 0 Å². The highest BCUT2D eigenvalue weighted by Gasteiger charge is 2.60. The van der Waals surface area contributed by atoms with Crippen LogP contribution >= 0.6 is 0 Å². The Labute approximate surface area is 112 Å². The van der Waals surface area contributed by atoms with Crippen molar-refractivity contribution in [2.24, 2.45) is 11.1 Å². The second-order valence-corrected chi connectivity index (χ2v) is 5.97. The summed E-state index contributed by atoms with van der Waals surface area (Å²) in [6, 6.07) is 6.57. The SMILES string of the molecule is NCC1(C2(c3ccc4c(c3)CCO4)COC2)COC1. The van der Waals surface area contributed by atoms with Crippen molar-refractivity contribution in [3.8, 4) is 5.75 Å². The van der Waals surface area contributed by atoms with Crippen molar-refractivity contribution in [3.05, 3.63) is 29.3 Å². The monoisotopic (exact) mass is 261 g/mol. The third-order valence-corrected chi connectivity index (χ3v) is 5.10. The van der Waals surface area contributed by atoms with Gasteiger partial charge in [0.1, 0.15) is 5.75 Å². The fourth-order valence-electron chi connectivity index (χ4n) is 3.51. The Morgan fingerprint density at radius 3 is 2.47 bits per heavy atom. The summed E-state index contributed by atoms with van der Waals surface area (Å²) >= 11 is 0. The van der Waals surface area contributed by atoms with E-state index < -0.39 is 0 Å². The number of hydrogen-bond acceptors (Lipinski definition) is 4. The molecule has 19 heavy (non-hydrogen) atoms. The second kappa shape index (κ2) is 3.95. The molecule has 4 nitrogen and oxygen atoms in total. The number of nitrogens with two attached hydrogens (primary N) is 1. The van der Waals surface area contributed by atoms with Crippen molar-refractivity contribution in [1.82, 2.24) is 0 Å². The topological polar surface area (TPSA) is 53.7 Å². The van der Waals surface area contributed by atoms with Crippen LogP contribution in [0.15, 0.2) is 18.2 Å². The minimum absolute atomic E-state index is 0.0393. The Kier molecular flexibility index (Phi) is 2.43. The van der Waals surface area contributed by atoms with Gasteiger partial charge >= 0.3 is 0 Å². The number of benzene rings is 1. The zero-order valence-corrected chi connectivity index (χ0v) is 11.0. The molecule has 0 bridgehead atoms. The molecule has 0 spiro atoms. The highest BCUT2D eigenvalue weighted by atomic mass is 16.5. The molecule has 4 heteroatoms. The van der Waals surface area contributed by atoms with E-state index in [4.69, 9.17) is 19.9 Å². The number of fused-ring (bicyclic) bond motifs is 1. The fraction of sp³-hybridized carbons (Fsp3) is 0.600. The first-order valence-corrected chi connectivity index (χ1v) is 6.92. The Morgan fingerprint density at radius 2 is 1.89 bits per heavy atom. The van der Waals surface area contributed by atoms with Gasteiger partial charge < -0.3 is 19.9 Å². The van der Waals surface area contributed by atoms with Crippen LogP contribution in [0.3, 0.4) is 0 Å². The van der Waals surface area contributed by atoms with Gasteiger partial charge in [-0.3, -0.25) is 0 Å². The van der Waals surface area contributed by atoms with Gasteiger partial charge in [-0.15, -0.1) is 0 Å². The van der Waals surface area contributed by atoms with E-state index in [0.29, 0.717) is 6.54 Å². The molecule has 4 rings (SSSR count). The number of ether oxygens (including phenoxy) is 3. The molecule has 2 N–H and O–H groups in total. The van der Waals surface area contributed by atoms with Crippen molar-refractivity contribution in [2.45, 2.75) is 11.8 Å². The standard InChI is InChI=1S/C15H19NO3/c16-6-14(7-17-8-14)15(9-18-10-15)12-1-2-13-11(5-12)3-4-19-13/h1-2,5H,3-4,6-10,16H2. The van der Waals surface area contributed by atoms with E-state index in [9.17, 15) is 0 Å². The van der Waals surface area contributed by atoms with Crippen LogP contribution in [-0.4, -0.2) is 39.6 Å². The summed E-state index contributed by atoms with van der Waals surface area (Å²) in [5.74, 6) is 1.03. The molecule has 0 unspecified atom stereocenters. The summed E-state index contributed by atoms with van der Waals surface area (Å²) in [4.78, 5) is 0. The fourth-order valence-corrected chi connectivity index (χ4v) is 3.51. The third kappa shape index (κ3) is 1.39. The van der Waals surface area contributed by atoms with Crippen LogP contribution in [0.5, 0.6) is 5.75 Å². The van der Waals surface area contributed by atoms with Crippen molar-refractivity contribution in [2.75, 3.05) is 39.6 Å². The minimum Gasteiger partial charge on any atom is -0.493 e. The second-order valence-electron chi connectivity index (χ2n) is 5.97. The van der Waals surface area contributed by atoms with Gasteiger partial charge in [-0.1, -0.05) is 12.1 Å². The Bertz CT molecular complexity index is 501. The van der Waals surface area contributed by atoms with Crippen molar-refractivity contribution in [3.63, 3.8) is 0 Å². The summed E-state index contributed by atoms with van der Waals surface area (Å²) in [6.45, 7) is 4.47. The molecule has 0 radical (unpaired) electrons. The molecule has 2 fully saturated rings. The quantitative estimate of drug-likeness (QED) is 0.877. The first kappa shape index (κ1) is 11.7. The summed E-state index contributed by atoms with van der Waals surface area (Å²) in [6.07, 6.45) is 1.01. The first-order chi connectivity index (χ1) is 9.30. The van der Waals surface area contributed by atoms with Crippen molar-refractivity contribution < 1.29 is 14.2 Å². The predicted octanol–water partition coefficient (Wildman–Crippen LogP) is 0.865. The lowest BCUT2D eigenvalue weighted by Gasteiger charge is -2.59. The van der Waals surface area contributed by atoms with Crippen LogP contribution in [-0.2, 0) is 21.3 Å². The Morgan fingerprint density at radius 1 is 1.11 bits per heavy atom. The summed E-state index contributed by atoms with van der Waals surface area (Å²) < 4.78 is 16.6. The molecule has 3 aliphatic rings. The molecule has 0 aliphatic carbocycles. The van der Waals surface area contributed by atoms with E-state index in [1.54, 1.807) is 0 Å². The lowest BCUT2D eigenvalue weighted by atomic mass is 9.57. The maximum atomic E-state index is 6.05. The zero-order valence-electron chi connectivity index (χ0n) is 11.0. The average molecular weight is 261 g/mol. The van der Waals surface area contributed by atoms with Gasteiger partial charge in [0.2, 0.25) is 0 Å². The molecule has 2 saturated heterocycles. The molecule has 0 aromatic heterocycles. The van der Waals surface area contributed by atoms with Gasteiger partial charge in [0.15, 0.2) is 0 Å². The average Bonchev–Trinajstić information content (AvgIpc) is 2.78. The molecule has 3 aliphatic heterocycles. The van der Waals surface area contributed by atoms with Gasteiger partial charge in [0.25, 0.3) is 0 Å². The smallest absolute Gasteiger partial charge is 0.122 e. The maximum absolute atomic E-state index is 6.05. The molecule has 102 valence electrons. The highest BCUT2D eigenvalue weighted by Crippen LogP contribution is 2.51. The lowest BCUT2D eigenvalue weighted by Crippen LogP contribution is -2.69. The summed E-state index contributed by atoms with van der Waals surface area (Å²) in [5, 5.41) is 0. The van der Waals surface area contributed by atoms with E-state index in [2.05, 4.69) is 18.2 Å². The van der Waals surface area contributed by atoms with E-state index in [0.717, 1.165) is 45.2 Å².